The van der Waals surface area contributed by atoms with E-state index in [-0.39, 0.29) is 5.78 Å². The molecule has 0 saturated carbocycles. The number of hydrogen-bond acceptors (Lipinski definition) is 3. The van der Waals surface area contributed by atoms with Gasteiger partial charge in [0.25, 0.3) is 0 Å². The van der Waals surface area contributed by atoms with Crippen molar-refractivity contribution >= 4 is 17.4 Å². The molecule has 1 fully saturated rings. The van der Waals surface area contributed by atoms with Gasteiger partial charge in [-0.2, -0.15) is 0 Å². The Kier molecular flexibility index (Phi) is 3.28. The maximum Gasteiger partial charge on any atom is 0.199 e. The van der Waals surface area contributed by atoms with Crippen molar-refractivity contribution in [1.82, 2.24) is 10.2 Å². The van der Waals surface area contributed by atoms with Gasteiger partial charge in [0.1, 0.15) is 0 Å². The molecule has 1 aromatic carbocycles. The summed E-state index contributed by atoms with van der Waals surface area (Å²) in [5, 5.41) is 3.16. The van der Waals surface area contributed by atoms with Gasteiger partial charge in [-0.25, -0.2) is 0 Å². The third-order valence-corrected chi connectivity index (χ3v) is 3.57. The first kappa shape index (κ1) is 11.6. The number of rotatable bonds is 2. The van der Waals surface area contributed by atoms with Crippen LogP contribution in [-0.4, -0.2) is 42.4 Å². The molecule has 1 N–H and O–H groups in total. The van der Waals surface area contributed by atoms with E-state index < -0.39 is 5.00 Å². The molecule has 2 rings (SSSR count). The van der Waals surface area contributed by atoms with Gasteiger partial charge < -0.3 is 5.32 Å². The third kappa shape index (κ3) is 1.98. The van der Waals surface area contributed by atoms with Crippen LogP contribution in [0.25, 0.3) is 0 Å². The number of nitrogens with zero attached hydrogens (tertiary/aromatic N) is 1. The molecule has 1 unspecified atom stereocenters. The van der Waals surface area contributed by atoms with Crippen molar-refractivity contribution < 1.29 is 4.79 Å². The smallest absolute Gasteiger partial charge is 0.199 e. The number of carbonyl (C=O) groups is 1. The van der Waals surface area contributed by atoms with Gasteiger partial charge in [0, 0.05) is 25.2 Å². The van der Waals surface area contributed by atoms with Gasteiger partial charge in [-0.15, -0.1) is 0 Å². The van der Waals surface area contributed by atoms with E-state index in [9.17, 15) is 4.79 Å². The molecule has 3 nitrogen and oxygen atoms in total. The zero-order valence-corrected chi connectivity index (χ0v) is 10.00. The fourth-order valence-corrected chi connectivity index (χ4v) is 2.17. The van der Waals surface area contributed by atoms with Crippen LogP contribution in [0.3, 0.4) is 0 Å². The van der Waals surface area contributed by atoms with Crippen molar-refractivity contribution in [2.24, 2.45) is 0 Å². The average Bonchev–Trinajstić information content (AvgIpc) is 2.33. The number of carbonyl (C=O) groups excluding carboxylic acids is 1. The summed E-state index contributed by atoms with van der Waals surface area (Å²) in [6.07, 6.45) is 0. The summed E-state index contributed by atoms with van der Waals surface area (Å²) >= 11 is 6.42. The van der Waals surface area contributed by atoms with Crippen molar-refractivity contribution in [1.29, 1.82) is 0 Å². The third-order valence-electron chi connectivity index (χ3n) is 2.97. The highest BCUT2D eigenvalue weighted by Gasteiger charge is 2.42. The highest BCUT2D eigenvalue weighted by molar-refractivity contribution is 6.37. The highest BCUT2D eigenvalue weighted by atomic mass is 35.5. The van der Waals surface area contributed by atoms with Gasteiger partial charge in [-0.1, -0.05) is 41.9 Å². The van der Waals surface area contributed by atoms with Crippen molar-refractivity contribution in [2.75, 3.05) is 26.7 Å². The number of ketones is 1. The van der Waals surface area contributed by atoms with Gasteiger partial charge in [0.2, 0.25) is 0 Å². The van der Waals surface area contributed by atoms with Crippen LogP contribution in [0.2, 0.25) is 0 Å². The van der Waals surface area contributed by atoms with E-state index in [1.54, 1.807) is 12.1 Å². The maximum atomic E-state index is 12.3. The van der Waals surface area contributed by atoms with Crippen LogP contribution in [0.15, 0.2) is 30.3 Å². The van der Waals surface area contributed by atoms with E-state index in [0.29, 0.717) is 12.1 Å². The topological polar surface area (TPSA) is 32.3 Å². The number of alkyl halides is 1. The first-order valence-corrected chi connectivity index (χ1v) is 5.73. The van der Waals surface area contributed by atoms with Gasteiger partial charge in [-0.3, -0.25) is 9.69 Å². The summed E-state index contributed by atoms with van der Waals surface area (Å²) in [5.74, 6) is -0.0375. The summed E-state index contributed by atoms with van der Waals surface area (Å²) < 4.78 is 0. The van der Waals surface area contributed by atoms with E-state index in [2.05, 4.69) is 5.32 Å². The zero-order valence-electron chi connectivity index (χ0n) is 9.24. The number of hydrogen-bond donors (Lipinski definition) is 1. The van der Waals surface area contributed by atoms with E-state index in [4.69, 9.17) is 11.6 Å². The van der Waals surface area contributed by atoms with E-state index in [1.165, 1.54) is 0 Å². The van der Waals surface area contributed by atoms with Crippen LogP contribution in [0.5, 0.6) is 0 Å². The van der Waals surface area contributed by atoms with Crippen molar-refractivity contribution in [3.05, 3.63) is 35.9 Å². The lowest BCUT2D eigenvalue weighted by atomic mass is 10.0. The van der Waals surface area contributed by atoms with Crippen LogP contribution in [-0.2, 0) is 0 Å². The Morgan fingerprint density at radius 3 is 2.75 bits per heavy atom. The van der Waals surface area contributed by atoms with E-state index >= 15 is 0 Å². The molecule has 0 aromatic heterocycles. The Balaban J connectivity index is 2.26. The first-order chi connectivity index (χ1) is 7.64. The molecule has 0 spiro atoms. The summed E-state index contributed by atoms with van der Waals surface area (Å²) in [5.41, 5.74) is 0.660. The van der Waals surface area contributed by atoms with Gasteiger partial charge in [0.15, 0.2) is 10.8 Å². The minimum absolute atomic E-state index is 0.0375. The molecule has 1 aliphatic heterocycles. The highest BCUT2D eigenvalue weighted by Crippen LogP contribution is 2.25. The number of Topliss-reactive ketones (excluding diaryl/α,β-unsaturated/α-hetero) is 1. The molecule has 1 aliphatic rings. The van der Waals surface area contributed by atoms with Crippen LogP contribution in [0.4, 0.5) is 0 Å². The predicted octanol–water partition coefficient (Wildman–Crippen LogP) is 1.34. The molecular weight excluding hydrogens is 224 g/mol. The molecule has 1 saturated heterocycles. The molecule has 16 heavy (non-hydrogen) atoms. The normalized spacial score (nSPS) is 26.6. The lowest BCUT2D eigenvalue weighted by molar-refractivity contribution is 0.0748. The second-order valence-electron chi connectivity index (χ2n) is 4.05. The molecule has 4 heteroatoms. The second-order valence-corrected chi connectivity index (χ2v) is 4.68. The summed E-state index contributed by atoms with van der Waals surface area (Å²) in [7, 11) is 1.88. The fourth-order valence-electron chi connectivity index (χ4n) is 1.88. The van der Waals surface area contributed by atoms with Crippen LogP contribution < -0.4 is 5.32 Å². The first-order valence-electron chi connectivity index (χ1n) is 5.35. The van der Waals surface area contributed by atoms with Crippen molar-refractivity contribution in [3.63, 3.8) is 0 Å². The lowest BCUT2D eigenvalue weighted by Crippen LogP contribution is -2.60. The molecule has 0 radical (unpaired) electrons. The molecular formula is C12H15ClN2O. The largest absolute Gasteiger partial charge is 0.312 e. The molecule has 1 heterocycles. The number of likely N-dealkylation sites (N-methyl/N-ethyl adjacent to an activating group) is 1. The second kappa shape index (κ2) is 4.53. The minimum Gasteiger partial charge on any atom is -0.312 e. The Morgan fingerprint density at radius 1 is 1.44 bits per heavy atom. The van der Waals surface area contributed by atoms with Crippen LogP contribution in [0.1, 0.15) is 10.4 Å². The summed E-state index contributed by atoms with van der Waals surface area (Å²) in [6.45, 7) is 2.13. The van der Waals surface area contributed by atoms with Gasteiger partial charge >= 0.3 is 0 Å². The lowest BCUT2D eigenvalue weighted by Gasteiger charge is -2.39. The van der Waals surface area contributed by atoms with E-state index in [0.717, 1.165) is 13.1 Å². The standard InChI is InChI=1S/C12H15ClN2O/c1-15-8-7-14-9-12(15,13)11(16)10-5-3-2-4-6-10/h2-6,14H,7-9H2,1H3. The summed E-state index contributed by atoms with van der Waals surface area (Å²) in [4.78, 5) is 13.3. The fraction of sp³-hybridized carbons (Fsp3) is 0.417. The monoisotopic (exact) mass is 238 g/mol. The van der Waals surface area contributed by atoms with Gasteiger partial charge in [0.05, 0.1) is 0 Å². The molecule has 86 valence electrons. The Bertz CT molecular complexity index is 382. The van der Waals surface area contributed by atoms with Crippen molar-refractivity contribution in [3.8, 4) is 0 Å². The predicted molar refractivity (Wildman–Crippen MR) is 64.9 cm³/mol. The molecule has 0 amide bonds. The quantitative estimate of drug-likeness (QED) is 0.480. The van der Waals surface area contributed by atoms with E-state index in [1.807, 2.05) is 30.1 Å². The Hall–Kier alpha value is -0.900. The van der Waals surface area contributed by atoms with Crippen LogP contribution in [0, 0.1) is 0 Å². The molecule has 1 aromatic rings. The molecule has 0 bridgehead atoms. The molecule has 0 aliphatic carbocycles. The number of piperazine rings is 1. The SMILES string of the molecule is CN1CCNCC1(Cl)C(=O)c1ccccc1. The maximum absolute atomic E-state index is 12.3. The zero-order chi connectivity index (χ0) is 11.6. The minimum atomic E-state index is -0.945. The average molecular weight is 239 g/mol. The summed E-state index contributed by atoms with van der Waals surface area (Å²) in [6, 6.07) is 9.19. The van der Waals surface area contributed by atoms with Crippen LogP contribution >= 0.6 is 11.6 Å². The Morgan fingerprint density at radius 2 is 2.12 bits per heavy atom. The van der Waals surface area contributed by atoms with Gasteiger partial charge in [-0.05, 0) is 7.05 Å². The van der Waals surface area contributed by atoms with Crippen molar-refractivity contribution in [2.45, 2.75) is 5.00 Å². The number of benzene rings is 1. The number of halogens is 1. The molecule has 1 atom stereocenters. The number of nitrogens with one attached hydrogen (secondary N) is 1. The Labute approximate surface area is 100 Å².